The average molecular weight is 290 g/mol. The van der Waals surface area contributed by atoms with Crippen LogP contribution in [0, 0.1) is 15.5 Å². The number of non-ortho nitro benzene ring substituents is 1. The van der Waals surface area contributed by atoms with E-state index in [-0.39, 0.29) is 5.69 Å². The Labute approximate surface area is 119 Å². The van der Waals surface area contributed by atoms with Crippen molar-refractivity contribution in [2.45, 2.75) is 13.3 Å². The summed E-state index contributed by atoms with van der Waals surface area (Å²) in [4.78, 5) is 30.8. The van der Waals surface area contributed by atoms with Crippen molar-refractivity contribution in [1.82, 2.24) is 9.97 Å². The summed E-state index contributed by atoms with van der Waals surface area (Å²) in [7, 11) is 0. The third-order valence-corrected chi connectivity index (χ3v) is 3.95. The molecule has 2 N–H and O–H groups in total. The molecule has 1 aromatic carbocycles. The molecule has 0 aliphatic carbocycles. The number of hydrogen-bond donors (Lipinski definition) is 2. The number of rotatable bonds is 3. The lowest BCUT2D eigenvalue weighted by Gasteiger charge is -2.19. The molecule has 21 heavy (non-hydrogen) atoms. The lowest BCUT2D eigenvalue weighted by molar-refractivity contribution is -0.384. The van der Waals surface area contributed by atoms with Gasteiger partial charge in [-0.1, -0.05) is 0 Å². The molecule has 1 aliphatic heterocycles. The highest BCUT2D eigenvalue weighted by molar-refractivity contribution is 5.81. The molecule has 0 bridgehead atoms. The highest BCUT2D eigenvalue weighted by Crippen LogP contribution is 2.33. The van der Waals surface area contributed by atoms with Crippen LogP contribution in [0.4, 0.5) is 11.6 Å². The number of nitro benzene ring substituents is 1. The Morgan fingerprint density at radius 2 is 2.33 bits per heavy atom. The fourth-order valence-corrected chi connectivity index (χ4v) is 2.56. The molecule has 2 heterocycles. The summed E-state index contributed by atoms with van der Waals surface area (Å²) in [6, 6.07) is 4.41. The third kappa shape index (κ3) is 2.18. The van der Waals surface area contributed by atoms with E-state index in [2.05, 4.69) is 9.97 Å². The molecule has 1 saturated heterocycles. The van der Waals surface area contributed by atoms with Gasteiger partial charge in [-0.15, -0.1) is 0 Å². The molecular weight excluding hydrogens is 276 g/mol. The predicted molar refractivity (Wildman–Crippen MR) is 75.3 cm³/mol. The minimum atomic E-state index is -0.822. The fraction of sp³-hybridized carbons (Fsp3) is 0.385. The number of nitrogens with zero attached hydrogens (tertiary/aromatic N) is 3. The van der Waals surface area contributed by atoms with Crippen molar-refractivity contribution in [2.24, 2.45) is 5.41 Å². The number of carboxylic acids is 1. The van der Waals surface area contributed by atoms with Crippen LogP contribution in [0.15, 0.2) is 18.2 Å². The molecule has 0 saturated carbocycles. The largest absolute Gasteiger partial charge is 0.481 e. The van der Waals surface area contributed by atoms with Gasteiger partial charge in [0.1, 0.15) is 0 Å². The minimum Gasteiger partial charge on any atom is -0.481 e. The van der Waals surface area contributed by atoms with Crippen LogP contribution >= 0.6 is 0 Å². The van der Waals surface area contributed by atoms with Crippen molar-refractivity contribution in [2.75, 3.05) is 18.0 Å². The first-order valence-corrected chi connectivity index (χ1v) is 6.51. The lowest BCUT2D eigenvalue weighted by atomic mass is 9.90. The number of aliphatic carboxylic acids is 1. The number of carboxylic acid groups (broad SMARTS) is 1. The van der Waals surface area contributed by atoms with Gasteiger partial charge in [0.05, 0.1) is 21.4 Å². The lowest BCUT2D eigenvalue weighted by Crippen LogP contribution is -2.32. The standard InChI is InChI=1S/C13H14N4O4/c1-13(11(18)19)4-5-16(7-13)12-14-9-3-2-8(17(20)21)6-10(9)15-12/h2-3,6H,4-5,7H2,1H3,(H,14,15)(H,18,19). The molecule has 1 atom stereocenters. The predicted octanol–water partition coefficient (Wildman–Crippen LogP) is 1.77. The van der Waals surface area contributed by atoms with Crippen LogP contribution in [0.5, 0.6) is 0 Å². The van der Waals surface area contributed by atoms with Crippen LogP contribution < -0.4 is 4.90 Å². The highest BCUT2D eigenvalue weighted by atomic mass is 16.6. The molecule has 1 unspecified atom stereocenters. The topological polar surface area (TPSA) is 112 Å². The minimum absolute atomic E-state index is 0.00510. The van der Waals surface area contributed by atoms with E-state index in [0.717, 1.165) is 0 Å². The fourth-order valence-electron chi connectivity index (χ4n) is 2.56. The van der Waals surface area contributed by atoms with E-state index in [1.807, 2.05) is 4.90 Å². The first kappa shape index (κ1) is 13.3. The van der Waals surface area contributed by atoms with Crippen molar-refractivity contribution >= 4 is 28.6 Å². The quantitative estimate of drug-likeness (QED) is 0.658. The summed E-state index contributed by atoms with van der Waals surface area (Å²) < 4.78 is 0. The number of nitrogens with one attached hydrogen (secondary N) is 1. The van der Waals surface area contributed by atoms with Crippen molar-refractivity contribution < 1.29 is 14.8 Å². The number of aromatic amines is 1. The number of fused-ring (bicyclic) bond motifs is 1. The molecule has 1 fully saturated rings. The Kier molecular flexibility index (Phi) is 2.82. The van der Waals surface area contributed by atoms with Crippen molar-refractivity contribution in [1.29, 1.82) is 0 Å². The summed E-state index contributed by atoms with van der Waals surface area (Å²) in [6.07, 6.45) is 0.541. The number of benzene rings is 1. The average Bonchev–Trinajstić information content (AvgIpc) is 3.01. The molecule has 8 heteroatoms. The van der Waals surface area contributed by atoms with Gasteiger partial charge in [0.2, 0.25) is 5.95 Å². The van der Waals surface area contributed by atoms with Gasteiger partial charge >= 0.3 is 5.97 Å². The van der Waals surface area contributed by atoms with Gasteiger partial charge in [-0.3, -0.25) is 14.9 Å². The van der Waals surface area contributed by atoms with Gasteiger partial charge in [0, 0.05) is 25.2 Å². The molecule has 3 rings (SSSR count). The maximum atomic E-state index is 11.3. The van der Waals surface area contributed by atoms with E-state index in [1.54, 1.807) is 13.0 Å². The smallest absolute Gasteiger partial charge is 0.311 e. The molecule has 8 nitrogen and oxygen atoms in total. The second-order valence-electron chi connectivity index (χ2n) is 5.56. The van der Waals surface area contributed by atoms with Gasteiger partial charge in [0.15, 0.2) is 0 Å². The van der Waals surface area contributed by atoms with Gasteiger partial charge in [-0.25, -0.2) is 4.98 Å². The summed E-state index contributed by atoms with van der Waals surface area (Å²) in [6.45, 7) is 2.66. The zero-order valence-electron chi connectivity index (χ0n) is 11.4. The number of carbonyl (C=O) groups is 1. The Balaban J connectivity index is 1.92. The van der Waals surface area contributed by atoms with Crippen LogP contribution in [0.25, 0.3) is 11.0 Å². The zero-order valence-corrected chi connectivity index (χ0v) is 11.4. The van der Waals surface area contributed by atoms with E-state index in [9.17, 15) is 20.0 Å². The van der Waals surface area contributed by atoms with E-state index in [4.69, 9.17) is 0 Å². The molecular formula is C13H14N4O4. The number of aromatic nitrogens is 2. The Morgan fingerprint density at radius 1 is 1.57 bits per heavy atom. The molecule has 1 aromatic heterocycles. The van der Waals surface area contributed by atoms with Crippen LogP contribution in [0.2, 0.25) is 0 Å². The number of H-pyrrole nitrogens is 1. The second kappa shape index (κ2) is 4.44. The summed E-state index contributed by atoms with van der Waals surface area (Å²) in [5.74, 6) is -0.271. The number of nitro groups is 1. The first-order valence-electron chi connectivity index (χ1n) is 6.51. The van der Waals surface area contributed by atoms with Gasteiger partial charge in [-0.2, -0.15) is 0 Å². The van der Waals surface area contributed by atoms with E-state index < -0.39 is 16.3 Å². The Bertz CT molecular complexity index is 741. The van der Waals surface area contributed by atoms with Gasteiger partial charge < -0.3 is 15.0 Å². The summed E-state index contributed by atoms with van der Waals surface area (Å²) in [5.41, 5.74) is 0.405. The van der Waals surface area contributed by atoms with Gasteiger partial charge in [-0.05, 0) is 19.4 Å². The van der Waals surface area contributed by atoms with Crippen LogP contribution in [-0.4, -0.2) is 39.1 Å². The van der Waals surface area contributed by atoms with Crippen molar-refractivity contribution in [3.63, 3.8) is 0 Å². The summed E-state index contributed by atoms with van der Waals surface area (Å²) >= 11 is 0. The molecule has 0 radical (unpaired) electrons. The second-order valence-corrected chi connectivity index (χ2v) is 5.56. The molecule has 0 spiro atoms. The number of hydrogen-bond acceptors (Lipinski definition) is 5. The zero-order chi connectivity index (χ0) is 15.2. The first-order chi connectivity index (χ1) is 9.89. The normalized spacial score (nSPS) is 21.9. The van der Waals surface area contributed by atoms with E-state index >= 15 is 0 Å². The SMILES string of the molecule is CC1(C(=O)O)CCN(c2nc3ccc([N+](=O)[O-])cc3[nH]2)C1. The van der Waals surface area contributed by atoms with Crippen molar-refractivity contribution in [3.8, 4) is 0 Å². The number of anilines is 1. The molecule has 0 amide bonds. The van der Waals surface area contributed by atoms with Gasteiger partial charge in [0.25, 0.3) is 5.69 Å². The van der Waals surface area contributed by atoms with Crippen molar-refractivity contribution in [3.05, 3.63) is 28.3 Å². The number of imidazole rings is 1. The van der Waals surface area contributed by atoms with E-state index in [0.29, 0.717) is 36.5 Å². The molecule has 1 aliphatic rings. The molecule has 2 aromatic rings. The summed E-state index contributed by atoms with van der Waals surface area (Å²) in [5, 5.41) is 20.0. The van der Waals surface area contributed by atoms with E-state index in [1.165, 1.54) is 12.1 Å². The maximum absolute atomic E-state index is 11.3. The Morgan fingerprint density at radius 3 is 2.95 bits per heavy atom. The highest BCUT2D eigenvalue weighted by Gasteiger charge is 2.41. The monoisotopic (exact) mass is 290 g/mol. The Hall–Kier alpha value is -2.64. The van der Waals surface area contributed by atoms with Crippen LogP contribution in [0.1, 0.15) is 13.3 Å². The third-order valence-electron chi connectivity index (χ3n) is 3.95. The molecule has 110 valence electrons. The van der Waals surface area contributed by atoms with Crippen LogP contribution in [-0.2, 0) is 4.79 Å². The van der Waals surface area contributed by atoms with Crippen LogP contribution in [0.3, 0.4) is 0 Å². The maximum Gasteiger partial charge on any atom is 0.311 e.